The van der Waals surface area contributed by atoms with Crippen LogP contribution in [0.4, 0.5) is 0 Å². The first kappa shape index (κ1) is 23.9. The highest BCUT2D eigenvalue weighted by molar-refractivity contribution is 5.94. The van der Waals surface area contributed by atoms with Gasteiger partial charge in [0.2, 0.25) is 0 Å². The van der Waals surface area contributed by atoms with Gasteiger partial charge in [-0.05, 0) is 46.4 Å². The number of carbonyl (C=O) groups excluding carboxylic acids is 1. The van der Waals surface area contributed by atoms with E-state index in [9.17, 15) is 9.59 Å². The lowest BCUT2D eigenvalue weighted by atomic mass is 9.90. The second-order valence-corrected chi connectivity index (χ2v) is 8.51. The fourth-order valence-electron chi connectivity index (χ4n) is 4.08. The monoisotopic (exact) mass is 464 g/mol. The van der Waals surface area contributed by atoms with Crippen molar-refractivity contribution in [3.05, 3.63) is 131 Å². The predicted octanol–water partition coefficient (Wildman–Crippen LogP) is 4.87. The van der Waals surface area contributed by atoms with Crippen molar-refractivity contribution in [2.75, 3.05) is 6.54 Å². The summed E-state index contributed by atoms with van der Waals surface area (Å²) in [5, 5.41) is 12.0. The van der Waals surface area contributed by atoms with Crippen LogP contribution in [0.2, 0.25) is 0 Å². The van der Waals surface area contributed by atoms with Gasteiger partial charge in [-0.15, -0.1) is 0 Å². The Morgan fingerprint density at radius 3 is 1.86 bits per heavy atom. The van der Waals surface area contributed by atoms with Gasteiger partial charge in [0.25, 0.3) is 5.91 Å². The van der Waals surface area contributed by atoms with Crippen LogP contribution in [0.3, 0.4) is 0 Å². The van der Waals surface area contributed by atoms with Crippen molar-refractivity contribution in [1.29, 1.82) is 0 Å². The molecule has 2 unspecified atom stereocenters. The molecule has 4 rings (SSSR count). The Hall–Kier alpha value is -4.22. The normalized spacial score (nSPS) is 12.5. The molecule has 0 aliphatic carbocycles. The summed E-state index contributed by atoms with van der Waals surface area (Å²) < 4.78 is 0. The van der Waals surface area contributed by atoms with Crippen LogP contribution in [0.25, 0.3) is 11.1 Å². The zero-order valence-electron chi connectivity index (χ0n) is 19.3. The smallest absolute Gasteiger partial charge is 0.320 e. The number of rotatable bonds is 9. The number of carboxylic acids is 1. The molecular weight excluding hydrogens is 436 g/mol. The molecule has 2 atom stereocenters. The SMILES string of the molecule is NC(Cc1ccc(C(=O)NCC(c2ccccc2)c2ccc(-c3ccccc3)cc2)cc1)C(=O)O. The van der Waals surface area contributed by atoms with Crippen LogP contribution in [-0.4, -0.2) is 29.6 Å². The predicted molar refractivity (Wildman–Crippen MR) is 138 cm³/mol. The molecule has 5 nitrogen and oxygen atoms in total. The van der Waals surface area contributed by atoms with Crippen molar-refractivity contribution >= 4 is 11.9 Å². The van der Waals surface area contributed by atoms with Crippen LogP contribution in [0, 0.1) is 0 Å². The molecule has 0 saturated heterocycles. The number of hydrogen-bond acceptors (Lipinski definition) is 3. The third-order valence-corrected chi connectivity index (χ3v) is 6.08. The summed E-state index contributed by atoms with van der Waals surface area (Å²) in [4.78, 5) is 23.8. The highest BCUT2D eigenvalue weighted by atomic mass is 16.4. The molecule has 0 aromatic heterocycles. The number of hydrogen-bond donors (Lipinski definition) is 3. The number of amides is 1. The maximum absolute atomic E-state index is 12.9. The summed E-state index contributed by atoms with van der Waals surface area (Å²) in [6.45, 7) is 0.444. The maximum atomic E-state index is 12.9. The molecular formula is C30H28N2O3. The summed E-state index contributed by atoms with van der Waals surface area (Å²) in [7, 11) is 0. The first-order chi connectivity index (χ1) is 17.0. The molecule has 0 aliphatic heterocycles. The molecule has 35 heavy (non-hydrogen) atoms. The summed E-state index contributed by atoms with van der Waals surface area (Å²) in [5.41, 5.74) is 11.4. The Morgan fingerprint density at radius 1 is 0.714 bits per heavy atom. The van der Waals surface area contributed by atoms with E-state index in [1.54, 1.807) is 24.3 Å². The number of nitrogens with one attached hydrogen (secondary N) is 1. The zero-order chi connectivity index (χ0) is 24.6. The lowest BCUT2D eigenvalue weighted by Crippen LogP contribution is -2.32. The highest BCUT2D eigenvalue weighted by Crippen LogP contribution is 2.27. The largest absolute Gasteiger partial charge is 0.480 e. The van der Waals surface area contributed by atoms with Crippen molar-refractivity contribution in [3.8, 4) is 11.1 Å². The number of carbonyl (C=O) groups is 2. The lowest BCUT2D eigenvalue weighted by molar-refractivity contribution is -0.138. The molecule has 5 heteroatoms. The van der Waals surface area contributed by atoms with Crippen LogP contribution in [0.15, 0.2) is 109 Å². The standard InChI is InChI=1S/C30H28N2O3/c31-28(30(34)35)19-21-11-13-26(14-12-21)29(33)32-20-27(24-9-5-2-6-10-24)25-17-15-23(16-18-25)22-7-3-1-4-8-22/h1-18,27-28H,19-20,31H2,(H,32,33)(H,34,35). The second-order valence-electron chi connectivity index (χ2n) is 8.51. The summed E-state index contributed by atoms with van der Waals surface area (Å²) in [5.74, 6) is -1.23. The van der Waals surface area contributed by atoms with E-state index in [2.05, 4.69) is 53.8 Å². The number of carboxylic acid groups (broad SMARTS) is 1. The van der Waals surface area contributed by atoms with E-state index in [-0.39, 0.29) is 18.2 Å². The molecule has 1 amide bonds. The second kappa shape index (κ2) is 11.3. The molecule has 0 bridgehead atoms. The van der Waals surface area contributed by atoms with E-state index < -0.39 is 12.0 Å². The summed E-state index contributed by atoms with van der Waals surface area (Å²) >= 11 is 0. The molecule has 4 aromatic carbocycles. The van der Waals surface area contributed by atoms with Crippen LogP contribution in [0.1, 0.15) is 33.0 Å². The molecule has 4 aromatic rings. The molecule has 4 N–H and O–H groups in total. The van der Waals surface area contributed by atoms with Crippen molar-refractivity contribution in [2.24, 2.45) is 5.73 Å². The Balaban J connectivity index is 1.48. The van der Waals surface area contributed by atoms with Crippen molar-refractivity contribution in [3.63, 3.8) is 0 Å². The van der Waals surface area contributed by atoms with Gasteiger partial charge in [-0.3, -0.25) is 9.59 Å². The number of benzene rings is 4. The van der Waals surface area contributed by atoms with E-state index >= 15 is 0 Å². The van der Waals surface area contributed by atoms with Crippen LogP contribution in [-0.2, 0) is 11.2 Å². The third-order valence-electron chi connectivity index (χ3n) is 6.08. The Bertz CT molecular complexity index is 1250. The first-order valence-corrected chi connectivity index (χ1v) is 11.6. The number of nitrogens with two attached hydrogens (primary N) is 1. The maximum Gasteiger partial charge on any atom is 0.320 e. The Morgan fingerprint density at radius 2 is 1.26 bits per heavy atom. The van der Waals surface area contributed by atoms with Crippen molar-refractivity contribution in [2.45, 2.75) is 18.4 Å². The van der Waals surface area contributed by atoms with Gasteiger partial charge >= 0.3 is 5.97 Å². The van der Waals surface area contributed by atoms with E-state index in [0.29, 0.717) is 12.1 Å². The Kier molecular flexibility index (Phi) is 7.70. The van der Waals surface area contributed by atoms with Gasteiger partial charge in [0.1, 0.15) is 6.04 Å². The third kappa shape index (κ3) is 6.22. The van der Waals surface area contributed by atoms with E-state index in [1.165, 1.54) is 0 Å². The number of aliphatic carboxylic acids is 1. The fraction of sp³-hybridized carbons (Fsp3) is 0.133. The molecule has 0 fully saturated rings. The average molecular weight is 465 g/mol. The van der Waals surface area contributed by atoms with Gasteiger partial charge in [0, 0.05) is 18.0 Å². The molecule has 0 aliphatic rings. The first-order valence-electron chi connectivity index (χ1n) is 11.6. The average Bonchev–Trinajstić information content (AvgIpc) is 2.90. The van der Waals surface area contributed by atoms with Crippen LogP contribution in [0.5, 0.6) is 0 Å². The van der Waals surface area contributed by atoms with Crippen molar-refractivity contribution in [1.82, 2.24) is 5.32 Å². The molecule has 176 valence electrons. The minimum Gasteiger partial charge on any atom is -0.480 e. The fourth-order valence-corrected chi connectivity index (χ4v) is 4.08. The van der Waals surface area contributed by atoms with Gasteiger partial charge < -0.3 is 16.2 Å². The molecule has 0 spiro atoms. The lowest BCUT2D eigenvalue weighted by Gasteiger charge is -2.19. The highest BCUT2D eigenvalue weighted by Gasteiger charge is 2.17. The van der Waals surface area contributed by atoms with Gasteiger partial charge in [-0.2, -0.15) is 0 Å². The van der Waals surface area contributed by atoms with Gasteiger partial charge in [0.15, 0.2) is 0 Å². The Labute approximate surface area is 205 Å². The summed E-state index contributed by atoms with van der Waals surface area (Å²) in [6.07, 6.45) is 0.215. The van der Waals surface area contributed by atoms with Gasteiger partial charge in [-0.25, -0.2) is 0 Å². The molecule has 0 saturated carbocycles. The minimum atomic E-state index is -1.05. The quantitative estimate of drug-likeness (QED) is 0.330. The van der Waals surface area contributed by atoms with Gasteiger partial charge in [-0.1, -0.05) is 97.1 Å². The molecule has 0 radical (unpaired) electrons. The van der Waals surface area contributed by atoms with E-state index in [0.717, 1.165) is 27.8 Å². The molecule has 0 heterocycles. The van der Waals surface area contributed by atoms with E-state index in [4.69, 9.17) is 10.8 Å². The van der Waals surface area contributed by atoms with Crippen LogP contribution < -0.4 is 11.1 Å². The van der Waals surface area contributed by atoms with Crippen molar-refractivity contribution < 1.29 is 14.7 Å². The topological polar surface area (TPSA) is 92.4 Å². The zero-order valence-corrected chi connectivity index (χ0v) is 19.3. The summed E-state index contributed by atoms with van der Waals surface area (Å²) in [6, 6.07) is 34.8. The van der Waals surface area contributed by atoms with E-state index in [1.807, 2.05) is 36.4 Å². The minimum absolute atomic E-state index is 0.00203. The van der Waals surface area contributed by atoms with Gasteiger partial charge in [0.05, 0.1) is 0 Å². The van der Waals surface area contributed by atoms with Crippen LogP contribution >= 0.6 is 0 Å².